The van der Waals surface area contributed by atoms with Gasteiger partial charge in [-0.05, 0) is 30.7 Å². The standard InChI is InChI=1S/C15H15ClN2O/c1-10(11-5-3-2-4-6-11)18-15(19)13-9-12(16)7-8-14(13)17/h2-10H,17H2,1H3,(H,18,19)/t10-/m1/s1. The summed E-state index contributed by atoms with van der Waals surface area (Å²) >= 11 is 5.88. The van der Waals surface area contributed by atoms with Crippen molar-refractivity contribution in [2.45, 2.75) is 13.0 Å². The first-order chi connectivity index (χ1) is 9.08. The molecule has 2 aromatic rings. The lowest BCUT2D eigenvalue weighted by Crippen LogP contribution is -2.27. The molecule has 98 valence electrons. The van der Waals surface area contributed by atoms with E-state index in [0.29, 0.717) is 16.3 Å². The summed E-state index contributed by atoms with van der Waals surface area (Å²) in [7, 11) is 0. The number of halogens is 1. The van der Waals surface area contributed by atoms with E-state index in [1.165, 1.54) is 0 Å². The number of hydrogen-bond acceptors (Lipinski definition) is 2. The SMILES string of the molecule is C[C@@H](NC(=O)c1cc(Cl)ccc1N)c1ccccc1. The fourth-order valence-electron chi connectivity index (χ4n) is 1.82. The van der Waals surface area contributed by atoms with Crippen LogP contribution < -0.4 is 11.1 Å². The van der Waals surface area contributed by atoms with Gasteiger partial charge in [-0.2, -0.15) is 0 Å². The fourth-order valence-corrected chi connectivity index (χ4v) is 2.00. The zero-order valence-electron chi connectivity index (χ0n) is 10.6. The van der Waals surface area contributed by atoms with Gasteiger partial charge in [-0.1, -0.05) is 41.9 Å². The molecule has 0 aromatic heterocycles. The normalized spacial score (nSPS) is 11.9. The Morgan fingerprint density at radius 1 is 1.21 bits per heavy atom. The van der Waals surface area contributed by atoms with Crippen molar-refractivity contribution in [1.29, 1.82) is 0 Å². The number of rotatable bonds is 3. The molecule has 0 aliphatic rings. The van der Waals surface area contributed by atoms with E-state index in [-0.39, 0.29) is 11.9 Å². The summed E-state index contributed by atoms with van der Waals surface area (Å²) in [6, 6.07) is 14.5. The molecule has 0 heterocycles. The lowest BCUT2D eigenvalue weighted by Gasteiger charge is -2.15. The van der Waals surface area contributed by atoms with Crippen LogP contribution in [-0.4, -0.2) is 5.91 Å². The van der Waals surface area contributed by atoms with Gasteiger partial charge in [0.25, 0.3) is 5.91 Å². The van der Waals surface area contributed by atoms with E-state index in [1.54, 1.807) is 18.2 Å². The van der Waals surface area contributed by atoms with E-state index in [1.807, 2.05) is 37.3 Å². The van der Waals surface area contributed by atoms with Crippen LogP contribution in [0.25, 0.3) is 0 Å². The van der Waals surface area contributed by atoms with Crippen LogP contribution >= 0.6 is 11.6 Å². The molecule has 0 spiro atoms. The van der Waals surface area contributed by atoms with E-state index in [2.05, 4.69) is 5.32 Å². The second kappa shape index (κ2) is 5.76. The van der Waals surface area contributed by atoms with Crippen LogP contribution in [0.3, 0.4) is 0 Å². The van der Waals surface area contributed by atoms with Crippen molar-refractivity contribution in [1.82, 2.24) is 5.32 Å². The monoisotopic (exact) mass is 274 g/mol. The first-order valence-electron chi connectivity index (χ1n) is 5.99. The first-order valence-corrected chi connectivity index (χ1v) is 6.36. The molecule has 0 radical (unpaired) electrons. The molecule has 3 nitrogen and oxygen atoms in total. The van der Waals surface area contributed by atoms with Crippen LogP contribution in [0.1, 0.15) is 28.9 Å². The molecule has 3 N–H and O–H groups in total. The van der Waals surface area contributed by atoms with Gasteiger partial charge in [0.2, 0.25) is 0 Å². The topological polar surface area (TPSA) is 55.1 Å². The van der Waals surface area contributed by atoms with Gasteiger partial charge in [0.15, 0.2) is 0 Å². The van der Waals surface area contributed by atoms with Crippen molar-refractivity contribution in [3.63, 3.8) is 0 Å². The molecule has 0 saturated heterocycles. The molecule has 0 bridgehead atoms. The van der Waals surface area contributed by atoms with Gasteiger partial charge < -0.3 is 11.1 Å². The Balaban J connectivity index is 2.15. The molecule has 1 amide bonds. The van der Waals surface area contributed by atoms with Crippen molar-refractivity contribution in [3.05, 3.63) is 64.7 Å². The third-order valence-corrected chi connectivity index (χ3v) is 3.14. The van der Waals surface area contributed by atoms with E-state index < -0.39 is 0 Å². The molecule has 4 heteroatoms. The molecule has 0 aliphatic carbocycles. The Hall–Kier alpha value is -2.00. The van der Waals surface area contributed by atoms with Crippen LogP contribution in [0, 0.1) is 0 Å². The lowest BCUT2D eigenvalue weighted by molar-refractivity contribution is 0.0941. The zero-order valence-corrected chi connectivity index (χ0v) is 11.3. The summed E-state index contributed by atoms with van der Waals surface area (Å²) in [5.74, 6) is -0.226. The van der Waals surface area contributed by atoms with Crippen LogP contribution in [0.15, 0.2) is 48.5 Å². The minimum Gasteiger partial charge on any atom is -0.398 e. The number of nitrogen functional groups attached to an aromatic ring is 1. The van der Waals surface area contributed by atoms with Crippen molar-refractivity contribution in [3.8, 4) is 0 Å². The Kier molecular flexibility index (Phi) is 4.07. The fraction of sp³-hybridized carbons (Fsp3) is 0.133. The maximum absolute atomic E-state index is 12.2. The second-order valence-electron chi connectivity index (χ2n) is 4.34. The number of amides is 1. The van der Waals surface area contributed by atoms with Gasteiger partial charge in [-0.15, -0.1) is 0 Å². The van der Waals surface area contributed by atoms with Crippen LogP contribution in [0.4, 0.5) is 5.69 Å². The molecular weight excluding hydrogens is 260 g/mol. The Labute approximate surface area is 117 Å². The Morgan fingerprint density at radius 2 is 1.89 bits per heavy atom. The minimum atomic E-state index is -0.226. The maximum Gasteiger partial charge on any atom is 0.253 e. The molecule has 0 aliphatic heterocycles. The molecule has 0 fully saturated rings. The molecular formula is C15H15ClN2O. The van der Waals surface area contributed by atoms with Crippen LogP contribution in [-0.2, 0) is 0 Å². The summed E-state index contributed by atoms with van der Waals surface area (Å²) in [6.07, 6.45) is 0. The molecule has 2 aromatic carbocycles. The van der Waals surface area contributed by atoms with Crippen molar-refractivity contribution in [2.75, 3.05) is 5.73 Å². The predicted octanol–water partition coefficient (Wildman–Crippen LogP) is 3.41. The highest BCUT2D eigenvalue weighted by molar-refractivity contribution is 6.31. The highest BCUT2D eigenvalue weighted by atomic mass is 35.5. The molecule has 2 rings (SSSR count). The lowest BCUT2D eigenvalue weighted by atomic mass is 10.1. The van der Waals surface area contributed by atoms with E-state index in [0.717, 1.165) is 5.56 Å². The minimum absolute atomic E-state index is 0.0907. The van der Waals surface area contributed by atoms with E-state index >= 15 is 0 Å². The predicted molar refractivity (Wildman–Crippen MR) is 78.2 cm³/mol. The number of carbonyl (C=O) groups excluding carboxylic acids is 1. The van der Waals surface area contributed by atoms with Crippen molar-refractivity contribution < 1.29 is 4.79 Å². The summed E-state index contributed by atoms with van der Waals surface area (Å²) in [5.41, 5.74) is 7.64. The molecule has 1 atom stereocenters. The van der Waals surface area contributed by atoms with Gasteiger partial charge in [0, 0.05) is 10.7 Å². The first kappa shape index (κ1) is 13.4. The third-order valence-electron chi connectivity index (χ3n) is 2.91. The van der Waals surface area contributed by atoms with Crippen molar-refractivity contribution >= 4 is 23.2 Å². The van der Waals surface area contributed by atoms with Gasteiger partial charge >= 0.3 is 0 Å². The summed E-state index contributed by atoms with van der Waals surface area (Å²) in [5, 5.41) is 3.40. The van der Waals surface area contributed by atoms with Gasteiger partial charge in [-0.25, -0.2) is 0 Å². The highest BCUT2D eigenvalue weighted by Gasteiger charge is 2.14. The molecule has 0 saturated carbocycles. The number of anilines is 1. The molecule has 0 unspecified atom stereocenters. The highest BCUT2D eigenvalue weighted by Crippen LogP contribution is 2.19. The van der Waals surface area contributed by atoms with Gasteiger partial charge in [0.05, 0.1) is 11.6 Å². The number of hydrogen-bond donors (Lipinski definition) is 2. The Bertz CT molecular complexity index is 584. The molecule has 19 heavy (non-hydrogen) atoms. The van der Waals surface area contributed by atoms with E-state index in [4.69, 9.17) is 17.3 Å². The van der Waals surface area contributed by atoms with Crippen molar-refractivity contribution in [2.24, 2.45) is 0 Å². The van der Waals surface area contributed by atoms with Gasteiger partial charge in [-0.3, -0.25) is 4.79 Å². The quantitative estimate of drug-likeness (QED) is 0.843. The number of benzene rings is 2. The number of nitrogens with one attached hydrogen (secondary N) is 1. The Morgan fingerprint density at radius 3 is 2.58 bits per heavy atom. The maximum atomic E-state index is 12.2. The third kappa shape index (κ3) is 3.26. The zero-order chi connectivity index (χ0) is 13.8. The average Bonchev–Trinajstić information content (AvgIpc) is 2.42. The summed E-state index contributed by atoms with van der Waals surface area (Å²) in [6.45, 7) is 1.92. The number of nitrogens with two attached hydrogens (primary N) is 1. The van der Waals surface area contributed by atoms with Gasteiger partial charge in [0.1, 0.15) is 0 Å². The van der Waals surface area contributed by atoms with Crippen LogP contribution in [0.5, 0.6) is 0 Å². The van der Waals surface area contributed by atoms with Crippen LogP contribution in [0.2, 0.25) is 5.02 Å². The van der Waals surface area contributed by atoms with E-state index in [9.17, 15) is 4.79 Å². The largest absolute Gasteiger partial charge is 0.398 e. The average molecular weight is 275 g/mol. The second-order valence-corrected chi connectivity index (χ2v) is 4.77. The summed E-state index contributed by atoms with van der Waals surface area (Å²) < 4.78 is 0. The number of carbonyl (C=O) groups is 1. The smallest absolute Gasteiger partial charge is 0.253 e. The summed E-state index contributed by atoms with van der Waals surface area (Å²) in [4.78, 5) is 12.2.